The summed E-state index contributed by atoms with van der Waals surface area (Å²) in [4.78, 5) is 2.55. The molecule has 2 rings (SSSR count). The molecule has 2 heteroatoms. The van der Waals surface area contributed by atoms with E-state index in [2.05, 4.69) is 62.3 Å². The molecule has 0 saturated heterocycles. The fourth-order valence-electron chi connectivity index (χ4n) is 2.98. The second-order valence-corrected chi connectivity index (χ2v) is 6.85. The number of hydrogen-bond donors (Lipinski definition) is 1. The summed E-state index contributed by atoms with van der Waals surface area (Å²) in [5.74, 6) is 0.610. The van der Waals surface area contributed by atoms with Gasteiger partial charge in [-0.1, -0.05) is 51.5 Å². The van der Waals surface area contributed by atoms with Crippen molar-refractivity contribution in [3.8, 4) is 0 Å². The maximum Gasteiger partial charge on any atom is 0.0449 e. The van der Waals surface area contributed by atoms with Gasteiger partial charge in [-0.05, 0) is 49.9 Å². The predicted octanol–water partition coefficient (Wildman–Crippen LogP) is 4.34. The Morgan fingerprint density at radius 3 is 2.24 bits per heavy atom. The van der Waals surface area contributed by atoms with Gasteiger partial charge in [0.2, 0.25) is 0 Å². The number of benzene rings is 1. The monoisotopic (exact) mass is 288 g/mol. The van der Waals surface area contributed by atoms with Crippen LogP contribution in [-0.4, -0.2) is 31.1 Å². The molecule has 1 atom stereocenters. The lowest BCUT2D eigenvalue weighted by Crippen LogP contribution is -2.42. The molecule has 1 aliphatic rings. The van der Waals surface area contributed by atoms with E-state index in [1.165, 1.54) is 36.8 Å². The Hall–Kier alpha value is -0.860. The molecule has 0 heterocycles. The van der Waals surface area contributed by atoms with Crippen LogP contribution in [0, 0.1) is 0 Å². The highest BCUT2D eigenvalue weighted by molar-refractivity contribution is 5.27. The van der Waals surface area contributed by atoms with Crippen LogP contribution in [0.3, 0.4) is 0 Å². The lowest BCUT2D eigenvalue weighted by molar-refractivity contribution is 0.145. The van der Waals surface area contributed by atoms with E-state index in [0.29, 0.717) is 12.0 Å². The Kier molecular flexibility index (Phi) is 6.25. The molecular weight excluding hydrogens is 256 g/mol. The van der Waals surface area contributed by atoms with Crippen LogP contribution in [0.15, 0.2) is 24.3 Å². The van der Waals surface area contributed by atoms with Crippen LogP contribution < -0.4 is 5.32 Å². The van der Waals surface area contributed by atoms with E-state index in [1.807, 2.05) is 0 Å². The highest BCUT2D eigenvalue weighted by Crippen LogP contribution is 2.26. The van der Waals surface area contributed by atoms with Crippen LogP contribution in [0.25, 0.3) is 0 Å². The molecule has 0 aromatic heterocycles. The number of nitrogens with zero attached hydrogens (tertiary/aromatic N) is 1. The van der Waals surface area contributed by atoms with Crippen molar-refractivity contribution >= 4 is 0 Å². The van der Waals surface area contributed by atoms with E-state index in [9.17, 15) is 0 Å². The maximum atomic E-state index is 3.73. The van der Waals surface area contributed by atoms with E-state index < -0.39 is 0 Å². The third kappa shape index (κ3) is 4.55. The zero-order valence-corrected chi connectivity index (χ0v) is 14.2. The quantitative estimate of drug-likeness (QED) is 0.765. The minimum atomic E-state index is 0.455. The molecule has 0 aliphatic heterocycles. The third-order valence-corrected chi connectivity index (χ3v) is 4.81. The first kappa shape index (κ1) is 16.5. The van der Waals surface area contributed by atoms with Gasteiger partial charge in [0.1, 0.15) is 0 Å². The average Bonchev–Trinajstić information content (AvgIpc) is 2.41. The first-order valence-electron chi connectivity index (χ1n) is 8.65. The Morgan fingerprint density at radius 2 is 1.76 bits per heavy atom. The molecule has 2 nitrogen and oxygen atoms in total. The third-order valence-electron chi connectivity index (χ3n) is 4.81. The normalized spacial score (nSPS) is 17.2. The first-order chi connectivity index (χ1) is 10.1. The van der Waals surface area contributed by atoms with Gasteiger partial charge in [0.25, 0.3) is 0 Å². The molecule has 1 aliphatic carbocycles. The van der Waals surface area contributed by atoms with Gasteiger partial charge in [-0.25, -0.2) is 0 Å². The summed E-state index contributed by atoms with van der Waals surface area (Å²) in [5.41, 5.74) is 2.86. The molecule has 1 aromatic rings. The SMILES string of the molecule is CCCNC(CN(C)C1CCC1)c1ccc(C(C)C)cc1. The van der Waals surface area contributed by atoms with Crippen molar-refractivity contribution in [2.75, 3.05) is 20.1 Å². The largest absolute Gasteiger partial charge is 0.309 e. The van der Waals surface area contributed by atoms with Gasteiger partial charge in [0, 0.05) is 18.6 Å². The van der Waals surface area contributed by atoms with Crippen LogP contribution in [0.4, 0.5) is 0 Å². The van der Waals surface area contributed by atoms with Crippen LogP contribution in [0.5, 0.6) is 0 Å². The summed E-state index contributed by atoms with van der Waals surface area (Å²) in [6, 6.07) is 10.5. The van der Waals surface area contributed by atoms with Crippen LogP contribution in [0.2, 0.25) is 0 Å². The molecule has 0 radical (unpaired) electrons. The minimum Gasteiger partial charge on any atom is -0.309 e. The number of rotatable bonds is 8. The fourth-order valence-corrected chi connectivity index (χ4v) is 2.98. The summed E-state index contributed by atoms with van der Waals surface area (Å²) in [6.45, 7) is 8.96. The van der Waals surface area contributed by atoms with Crippen molar-refractivity contribution < 1.29 is 0 Å². The number of hydrogen-bond acceptors (Lipinski definition) is 2. The summed E-state index contributed by atoms with van der Waals surface area (Å²) in [6.07, 6.45) is 5.35. The van der Waals surface area contributed by atoms with E-state index in [-0.39, 0.29) is 0 Å². The van der Waals surface area contributed by atoms with E-state index in [1.54, 1.807) is 0 Å². The van der Waals surface area contributed by atoms with E-state index in [0.717, 1.165) is 19.1 Å². The summed E-state index contributed by atoms with van der Waals surface area (Å²) >= 11 is 0. The van der Waals surface area contributed by atoms with Gasteiger partial charge >= 0.3 is 0 Å². The van der Waals surface area contributed by atoms with Crippen molar-refractivity contribution in [3.05, 3.63) is 35.4 Å². The van der Waals surface area contributed by atoms with E-state index >= 15 is 0 Å². The van der Waals surface area contributed by atoms with Crippen molar-refractivity contribution in [2.45, 2.75) is 64.5 Å². The van der Waals surface area contributed by atoms with Crippen molar-refractivity contribution in [2.24, 2.45) is 0 Å². The van der Waals surface area contributed by atoms with Gasteiger partial charge in [0.05, 0.1) is 0 Å². The zero-order chi connectivity index (χ0) is 15.2. The summed E-state index contributed by atoms with van der Waals surface area (Å²) in [7, 11) is 2.28. The zero-order valence-electron chi connectivity index (χ0n) is 14.2. The Morgan fingerprint density at radius 1 is 1.14 bits per heavy atom. The molecule has 0 spiro atoms. The number of likely N-dealkylation sites (N-methyl/N-ethyl adjacent to an activating group) is 1. The molecular formula is C19H32N2. The second-order valence-electron chi connectivity index (χ2n) is 6.85. The molecule has 0 bridgehead atoms. The smallest absolute Gasteiger partial charge is 0.0449 e. The van der Waals surface area contributed by atoms with Crippen LogP contribution in [-0.2, 0) is 0 Å². The van der Waals surface area contributed by atoms with Gasteiger partial charge in [-0.15, -0.1) is 0 Å². The van der Waals surface area contributed by atoms with Crippen LogP contribution in [0.1, 0.15) is 69.5 Å². The lowest BCUT2D eigenvalue weighted by Gasteiger charge is -2.37. The van der Waals surface area contributed by atoms with Crippen molar-refractivity contribution in [1.82, 2.24) is 10.2 Å². The van der Waals surface area contributed by atoms with Crippen LogP contribution >= 0.6 is 0 Å². The highest BCUT2D eigenvalue weighted by atomic mass is 15.2. The summed E-state index contributed by atoms with van der Waals surface area (Å²) in [5, 5.41) is 3.73. The Balaban J connectivity index is 2.02. The van der Waals surface area contributed by atoms with E-state index in [4.69, 9.17) is 0 Å². The van der Waals surface area contributed by atoms with Crippen molar-refractivity contribution in [1.29, 1.82) is 0 Å². The molecule has 1 saturated carbocycles. The van der Waals surface area contributed by atoms with Gasteiger partial charge < -0.3 is 10.2 Å². The van der Waals surface area contributed by atoms with Gasteiger partial charge in [0.15, 0.2) is 0 Å². The summed E-state index contributed by atoms with van der Waals surface area (Å²) < 4.78 is 0. The maximum absolute atomic E-state index is 3.73. The molecule has 118 valence electrons. The lowest BCUT2D eigenvalue weighted by atomic mass is 9.91. The average molecular weight is 288 g/mol. The molecule has 21 heavy (non-hydrogen) atoms. The topological polar surface area (TPSA) is 15.3 Å². The second kappa shape index (κ2) is 7.95. The molecule has 1 unspecified atom stereocenters. The Bertz CT molecular complexity index is 406. The molecule has 0 amide bonds. The highest BCUT2D eigenvalue weighted by Gasteiger charge is 2.24. The molecule has 1 aromatic carbocycles. The standard InChI is InChI=1S/C19H32N2/c1-5-13-20-19(14-21(4)18-7-6-8-18)17-11-9-16(10-12-17)15(2)3/h9-12,15,18-20H,5-8,13-14H2,1-4H3. The molecule has 1 fully saturated rings. The molecule has 1 N–H and O–H groups in total. The number of nitrogens with one attached hydrogen (secondary N) is 1. The first-order valence-corrected chi connectivity index (χ1v) is 8.65. The van der Waals surface area contributed by atoms with Gasteiger partial charge in [-0.3, -0.25) is 0 Å². The minimum absolute atomic E-state index is 0.455. The van der Waals surface area contributed by atoms with Gasteiger partial charge in [-0.2, -0.15) is 0 Å². The van der Waals surface area contributed by atoms with Crippen molar-refractivity contribution in [3.63, 3.8) is 0 Å². The Labute approximate surface area is 130 Å². The predicted molar refractivity (Wildman–Crippen MR) is 91.8 cm³/mol. The fraction of sp³-hybridized carbons (Fsp3) is 0.684.